The summed E-state index contributed by atoms with van der Waals surface area (Å²) in [5.74, 6) is 0. The maximum atomic E-state index is 12.5. The van der Waals surface area contributed by atoms with Gasteiger partial charge in [-0.15, -0.1) is 0 Å². The molecule has 2 rings (SSSR count). The highest BCUT2D eigenvalue weighted by Gasteiger charge is 2.24. The predicted octanol–water partition coefficient (Wildman–Crippen LogP) is 0.847. The molecule has 0 aliphatic carbocycles. The number of nitrogens with zero attached hydrogens (tertiary/aromatic N) is 1. The van der Waals surface area contributed by atoms with Crippen molar-refractivity contribution >= 4 is 21.6 Å². The summed E-state index contributed by atoms with van der Waals surface area (Å²) in [5.41, 5.74) is 0. The molecule has 14 heavy (non-hydrogen) atoms. The van der Waals surface area contributed by atoms with Crippen LogP contribution < -0.4 is 0 Å². The highest BCUT2D eigenvalue weighted by Crippen LogP contribution is 2.29. The van der Waals surface area contributed by atoms with E-state index in [1.54, 1.807) is 0 Å². The third kappa shape index (κ3) is 1.92. The van der Waals surface area contributed by atoms with Crippen molar-refractivity contribution in [3.63, 3.8) is 0 Å². The lowest BCUT2D eigenvalue weighted by atomic mass is 10.7. The van der Waals surface area contributed by atoms with E-state index in [2.05, 4.69) is 4.98 Å². The Morgan fingerprint density at radius 2 is 2.14 bits per heavy atom. The van der Waals surface area contributed by atoms with E-state index in [1.807, 2.05) is 0 Å². The number of halogens is 1. The molecule has 0 bridgehead atoms. The average Bonchev–Trinajstić information content (AvgIpc) is 2.73. The zero-order chi connectivity index (χ0) is 10.2. The largest absolute Gasteiger partial charge is 0.344 e. The first-order valence-electron chi connectivity index (χ1n) is 3.71. The van der Waals surface area contributed by atoms with Gasteiger partial charge in [-0.2, -0.15) is 8.42 Å². The first kappa shape index (κ1) is 9.97. The number of rotatable bonds is 2. The van der Waals surface area contributed by atoms with Crippen LogP contribution in [0.3, 0.4) is 0 Å². The third-order valence-electron chi connectivity index (χ3n) is 1.57. The molecule has 0 atom stereocenters. The molecule has 1 fully saturated rings. The molecule has 2 heterocycles. The van der Waals surface area contributed by atoms with Crippen molar-refractivity contribution in [3.05, 3.63) is 11.2 Å². The molecule has 1 aromatic heterocycles. The van der Waals surface area contributed by atoms with Crippen LogP contribution in [0.4, 0.5) is 3.89 Å². The quantitative estimate of drug-likeness (QED) is 0.716. The van der Waals surface area contributed by atoms with Crippen LogP contribution in [0.25, 0.3) is 0 Å². The van der Waals surface area contributed by atoms with E-state index in [-0.39, 0.29) is 0 Å². The van der Waals surface area contributed by atoms with Gasteiger partial charge in [0.1, 0.15) is 0 Å². The van der Waals surface area contributed by atoms with Gasteiger partial charge in [-0.1, -0.05) is 15.2 Å². The molecule has 5 nitrogen and oxygen atoms in total. The lowest BCUT2D eigenvalue weighted by Crippen LogP contribution is -1.95. The minimum Gasteiger partial charge on any atom is -0.344 e. The summed E-state index contributed by atoms with van der Waals surface area (Å²) < 4.78 is 43.2. The first-order chi connectivity index (χ1) is 6.57. The molecule has 0 N–H and O–H groups in total. The highest BCUT2D eigenvalue weighted by molar-refractivity contribution is 7.88. The monoisotopic (exact) mass is 239 g/mol. The van der Waals surface area contributed by atoms with Crippen LogP contribution in [0.15, 0.2) is 10.4 Å². The molecule has 0 aromatic carbocycles. The van der Waals surface area contributed by atoms with Gasteiger partial charge in [0.25, 0.3) is 0 Å². The number of hydrogen-bond acceptors (Lipinski definition) is 6. The summed E-state index contributed by atoms with van der Waals surface area (Å²) >= 11 is 0.713. The standard InChI is InChI=1S/C6H6FNO4S2/c7-14(9,10)4-3-8-5(13-4)6-11-1-2-12-6/h3,6H,1-2H2. The molecule has 78 valence electrons. The molecular weight excluding hydrogens is 233 g/mol. The first-order valence-corrected chi connectivity index (χ1v) is 5.91. The van der Waals surface area contributed by atoms with Gasteiger partial charge >= 0.3 is 10.2 Å². The Morgan fingerprint density at radius 3 is 2.64 bits per heavy atom. The Hall–Kier alpha value is -0.570. The van der Waals surface area contributed by atoms with Gasteiger partial charge in [0.2, 0.25) is 6.29 Å². The molecule has 1 aliphatic heterocycles. The van der Waals surface area contributed by atoms with Gasteiger partial charge in [0, 0.05) is 0 Å². The molecule has 1 saturated heterocycles. The summed E-state index contributed by atoms with van der Waals surface area (Å²) in [7, 11) is -4.67. The summed E-state index contributed by atoms with van der Waals surface area (Å²) in [4.78, 5) is 3.71. The Morgan fingerprint density at radius 1 is 1.50 bits per heavy atom. The summed E-state index contributed by atoms with van der Waals surface area (Å²) in [5, 5.41) is 0.318. The molecular formula is C6H6FNO4S2. The Balaban J connectivity index is 2.25. The fraction of sp³-hybridized carbons (Fsp3) is 0.500. The van der Waals surface area contributed by atoms with Crippen molar-refractivity contribution in [2.45, 2.75) is 10.5 Å². The summed E-state index contributed by atoms with van der Waals surface area (Å²) in [6.07, 6.45) is 0.302. The minimum atomic E-state index is -4.67. The lowest BCUT2D eigenvalue weighted by Gasteiger charge is -2.02. The molecule has 8 heteroatoms. The number of ether oxygens (including phenoxy) is 2. The van der Waals surface area contributed by atoms with Gasteiger partial charge in [-0.3, -0.25) is 0 Å². The van der Waals surface area contributed by atoms with E-state index in [4.69, 9.17) is 9.47 Å². The molecule has 0 radical (unpaired) electrons. The summed E-state index contributed by atoms with van der Waals surface area (Å²) in [6, 6.07) is 0. The van der Waals surface area contributed by atoms with E-state index in [1.165, 1.54) is 0 Å². The van der Waals surface area contributed by atoms with Gasteiger partial charge in [-0.25, -0.2) is 4.98 Å². The van der Waals surface area contributed by atoms with Crippen LogP contribution in [0.1, 0.15) is 11.3 Å². The van der Waals surface area contributed by atoms with E-state index in [0.717, 1.165) is 6.20 Å². The zero-order valence-electron chi connectivity index (χ0n) is 6.84. The topological polar surface area (TPSA) is 65.5 Å². The lowest BCUT2D eigenvalue weighted by molar-refractivity contribution is -0.0442. The molecule has 0 amide bonds. The number of aromatic nitrogens is 1. The predicted molar refractivity (Wildman–Crippen MR) is 45.1 cm³/mol. The van der Waals surface area contributed by atoms with E-state index in [0.29, 0.717) is 29.6 Å². The van der Waals surface area contributed by atoms with Crippen molar-refractivity contribution in [2.75, 3.05) is 13.2 Å². The Kier molecular flexibility index (Phi) is 2.52. The molecule has 0 spiro atoms. The molecule has 1 aromatic rings. The van der Waals surface area contributed by atoms with Gasteiger partial charge < -0.3 is 9.47 Å². The summed E-state index contributed by atoms with van der Waals surface area (Å²) in [6.45, 7) is 0.865. The van der Waals surface area contributed by atoms with Gasteiger partial charge in [-0.05, 0) is 0 Å². The second kappa shape index (κ2) is 3.54. The van der Waals surface area contributed by atoms with Crippen molar-refractivity contribution in [2.24, 2.45) is 0 Å². The van der Waals surface area contributed by atoms with Crippen molar-refractivity contribution < 1.29 is 21.8 Å². The molecule has 1 aliphatic rings. The Bertz CT molecular complexity index is 423. The third-order valence-corrected chi connectivity index (χ3v) is 3.81. The maximum Gasteiger partial charge on any atom is 0.343 e. The van der Waals surface area contributed by atoms with Gasteiger partial charge in [0.15, 0.2) is 9.22 Å². The number of hydrogen-bond donors (Lipinski definition) is 0. The van der Waals surface area contributed by atoms with Crippen molar-refractivity contribution in [1.82, 2.24) is 4.98 Å². The van der Waals surface area contributed by atoms with Crippen LogP contribution in [-0.4, -0.2) is 26.6 Å². The fourth-order valence-corrected chi connectivity index (χ4v) is 2.48. The van der Waals surface area contributed by atoms with E-state index in [9.17, 15) is 12.3 Å². The SMILES string of the molecule is O=S(=O)(F)c1cnc(C2OCCO2)s1. The van der Waals surface area contributed by atoms with E-state index >= 15 is 0 Å². The van der Waals surface area contributed by atoms with Crippen LogP contribution >= 0.6 is 11.3 Å². The highest BCUT2D eigenvalue weighted by atomic mass is 32.3. The Labute approximate surface area is 83.7 Å². The minimum absolute atomic E-state index is 0.318. The van der Waals surface area contributed by atoms with Crippen LogP contribution in [0.5, 0.6) is 0 Å². The fourth-order valence-electron chi connectivity index (χ4n) is 0.995. The maximum absolute atomic E-state index is 12.5. The van der Waals surface area contributed by atoms with Crippen molar-refractivity contribution in [1.29, 1.82) is 0 Å². The molecule has 0 unspecified atom stereocenters. The zero-order valence-corrected chi connectivity index (χ0v) is 8.48. The average molecular weight is 239 g/mol. The van der Waals surface area contributed by atoms with Gasteiger partial charge in [0.05, 0.1) is 19.4 Å². The van der Waals surface area contributed by atoms with Crippen LogP contribution in [-0.2, 0) is 19.7 Å². The van der Waals surface area contributed by atoms with E-state index < -0.39 is 20.7 Å². The second-order valence-electron chi connectivity index (χ2n) is 2.53. The van der Waals surface area contributed by atoms with Crippen LogP contribution in [0.2, 0.25) is 0 Å². The number of thiazole rings is 1. The molecule has 0 saturated carbocycles. The van der Waals surface area contributed by atoms with Crippen molar-refractivity contribution in [3.8, 4) is 0 Å². The second-order valence-corrected chi connectivity index (χ2v) is 5.17. The van der Waals surface area contributed by atoms with Crippen LogP contribution in [0, 0.1) is 0 Å². The normalized spacial score (nSPS) is 18.9. The smallest absolute Gasteiger partial charge is 0.343 e.